The van der Waals surface area contributed by atoms with Gasteiger partial charge in [0.05, 0.1) is 27.6 Å². The smallest absolute Gasteiger partial charge is 0.146 e. The van der Waals surface area contributed by atoms with Crippen LogP contribution in [0.5, 0.6) is 0 Å². The van der Waals surface area contributed by atoms with E-state index >= 15 is 0 Å². The van der Waals surface area contributed by atoms with Crippen molar-refractivity contribution in [2.75, 3.05) is 0 Å². The van der Waals surface area contributed by atoms with Gasteiger partial charge in [-0.2, -0.15) is 0 Å². The second-order valence-electron chi connectivity index (χ2n) is 11.0. The van der Waals surface area contributed by atoms with Crippen molar-refractivity contribution in [1.82, 2.24) is 18.9 Å². The van der Waals surface area contributed by atoms with Crippen LogP contribution >= 0.6 is 0 Å². The largest absolute Gasteiger partial charge is 0.296 e. The molecule has 0 saturated carbocycles. The summed E-state index contributed by atoms with van der Waals surface area (Å²) in [4.78, 5) is 10.2. The van der Waals surface area contributed by atoms with Crippen LogP contribution in [0, 0.1) is 0 Å². The molecule has 198 valence electrons. The Labute approximate surface area is 242 Å². The molecular formula is C38H26N4. The van der Waals surface area contributed by atoms with Gasteiger partial charge in [-0.1, -0.05) is 91.0 Å². The third-order valence-corrected chi connectivity index (χ3v) is 8.57. The summed E-state index contributed by atoms with van der Waals surface area (Å²) in [7, 11) is 0. The summed E-state index contributed by atoms with van der Waals surface area (Å²) >= 11 is 0. The fourth-order valence-electron chi connectivity index (χ4n) is 6.59. The van der Waals surface area contributed by atoms with Gasteiger partial charge < -0.3 is 0 Å². The zero-order valence-corrected chi connectivity index (χ0v) is 22.9. The Hall–Kier alpha value is -5.48. The third kappa shape index (κ3) is 3.42. The van der Waals surface area contributed by atoms with E-state index in [1.165, 1.54) is 33.1 Å². The van der Waals surface area contributed by atoms with E-state index in [1.807, 2.05) is 0 Å². The van der Waals surface area contributed by atoms with Crippen molar-refractivity contribution >= 4 is 55.1 Å². The lowest BCUT2D eigenvalue weighted by Gasteiger charge is -2.15. The van der Waals surface area contributed by atoms with Crippen LogP contribution in [0.4, 0.5) is 0 Å². The molecule has 0 N–H and O–H groups in total. The summed E-state index contributed by atoms with van der Waals surface area (Å²) in [6.07, 6.45) is 8.65. The third-order valence-electron chi connectivity index (χ3n) is 8.57. The number of imidazole rings is 2. The van der Waals surface area contributed by atoms with Crippen LogP contribution in [0.2, 0.25) is 0 Å². The van der Waals surface area contributed by atoms with Crippen molar-refractivity contribution in [3.05, 3.63) is 133 Å². The number of fused-ring (bicyclic) bond motifs is 9. The van der Waals surface area contributed by atoms with Crippen LogP contribution in [0.25, 0.3) is 77.6 Å². The minimum atomic E-state index is 0.986. The number of rotatable bonds is 3. The fraction of sp³-hybridized carbons (Fsp3) is 0.0526. The molecule has 0 atom stereocenters. The zero-order chi connectivity index (χ0) is 27.6. The first-order chi connectivity index (χ1) is 20.8. The Bertz CT molecular complexity index is 2400. The van der Waals surface area contributed by atoms with E-state index in [0.717, 1.165) is 57.3 Å². The maximum absolute atomic E-state index is 5.10. The molecule has 0 saturated heterocycles. The van der Waals surface area contributed by atoms with Crippen LogP contribution in [0.15, 0.2) is 133 Å². The molecule has 5 aromatic carbocycles. The summed E-state index contributed by atoms with van der Waals surface area (Å²) in [5.41, 5.74) is 11.2. The molecule has 3 aromatic heterocycles. The van der Waals surface area contributed by atoms with Crippen LogP contribution in [-0.4, -0.2) is 18.9 Å². The van der Waals surface area contributed by atoms with Gasteiger partial charge in [-0.05, 0) is 71.8 Å². The van der Waals surface area contributed by atoms with E-state index < -0.39 is 0 Å². The average molecular weight is 539 g/mol. The molecule has 8 aromatic rings. The lowest BCUT2D eigenvalue weighted by molar-refractivity contribution is 0.960. The maximum Gasteiger partial charge on any atom is 0.146 e. The Balaban J connectivity index is 1.21. The molecule has 0 radical (unpaired) electrons. The number of aromatic nitrogens is 4. The molecule has 9 rings (SSSR count). The number of benzene rings is 5. The molecule has 0 bridgehead atoms. The van der Waals surface area contributed by atoms with E-state index in [0.29, 0.717) is 0 Å². The first-order valence-electron chi connectivity index (χ1n) is 14.5. The van der Waals surface area contributed by atoms with Crippen molar-refractivity contribution in [2.24, 2.45) is 0 Å². The van der Waals surface area contributed by atoms with E-state index in [-0.39, 0.29) is 0 Å². The van der Waals surface area contributed by atoms with E-state index in [1.54, 1.807) is 0 Å². The monoisotopic (exact) mass is 538 g/mol. The highest BCUT2D eigenvalue weighted by atomic mass is 15.1. The number of nitrogens with zero attached hydrogens (tertiary/aromatic N) is 4. The van der Waals surface area contributed by atoms with Crippen molar-refractivity contribution < 1.29 is 0 Å². The normalized spacial score (nSPS) is 13.6. The highest BCUT2D eigenvalue weighted by Crippen LogP contribution is 2.36. The molecule has 0 fully saturated rings. The Morgan fingerprint density at radius 2 is 1.24 bits per heavy atom. The molecule has 1 aliphatic rings. The Kier molecular flexibility index (Phi) is 4.99. The maximum atomic E-state index is 5.10. The van der Waals surface area contributed by atoms with Crippen molar-refractivity contribution in [1.29, 1.82) is 0 Å². The van der Waals surface area contributed by atoms with Crippen molar-refractivity contribution in [3.63, 3.8) is 0 Å². The molecule has 3 heterocycles. The zero-order valence-electron chi connectivity index (χ0n) is 22.9. The Morgan fingerprint density at radius 3 is 2.05 bits per heavy atom. The number of allylic oxidation sites excluding steroid dienone is 4. The topological polar surface area (TPSA) is 35.1 Å². The second-order valence-corrected chi connectivity index (χ2v) is 11.0. The number of para-hydroxylation sites is 5. The summed E-state index contributed by atoms with van der Waals surface area (Å²) in [5.74, 6) is 0.986. The van der Waals surface area contributed by atoms with Gasteiger partial charge in [0.2, 0.25) is 0 Å². The summed E-state index contributed by atoms with van der Waals surface area (Å²) in [5, 5.41) is 3.61. The second kappa shape index (κ2) is 9.02. The predicted octanol–water partition coefficient (Wildman–Crippen LogP) is 9.67. The number of pyridine rings is 1. The molecule has 4 nitrogen and oxygen atoms in total. The lowest BCUT2D eigenvalue weighted by Crippen LogP contribution is -2.01. The van der Waals surface area contributed by atoms with Gasteiger partial charge in [0.25, 0.3) is 0 Å². The summed E-state index contributed by atoms with van der Waals surface area (Å²) in [6, 6.07) is 41.1. The first kappa shape index (κ1) is 23.2. The molecule has 0 aliphatic heterocycles. The molecule has 0 spiro atoms. The van der Waals surface area contributed by atoms with Crippen LogP contribution in [-0.2, 0) is 0 Å². The molecule has 0 amide bonds. The van der Waals surface area contributed by atoms with Gasteiger partial charge in [-0.25, -0.2) is 9.97 Å². The number of hydrogen-bond acceptors (Lipinski definition) is 2. The van der Waals surface area contributed by atoms with Gasteiger partial charge in [0, 0.05) is 22.0 Å². The van der Waals surface area contributed by atoms with E-state index in [2.05, 4.69) is 142 Å². The van der Waals surface area contributed by atoms with Crippen LogP contribution < -0.4 is 0 Å². The summed E-state index contributed by atoms with van der Waals surface area (Å²) < 4.78 is 4.63. The quantitative estimate of drug-likeness (QED) is 0.210. The lowest BCUT2D eigenvalue weighted by atomic mass is 9.98. The average Bonchev–Trinajstić information content (AvgIpc) is 3.65. The van der Waals surface area contributed by atoms with Gasteiger partial charge in [-0.3, -0.25) is 8.97 Å². The highest BCUT2D eigenvalue weighted by molar-refractivity contribution is 6.14. The molecule has 1 aliphatic carbocycles. The standard InChI is InChI=1S/C38H26N4/c1-2-10-28(11-3-1)41-35-16-8-5-13-32(35)39-37(41)26-20-18-25(19-21-26)27-22-23-29-30-12-4-7-15-34(30)42-36-17-9-6-14-33(36)40-38(42)31(29)24-27/h1-2,4-10,12-24H,3,11H2. The van der Waals surface area contributed by atoms with Crippen molar-refractivity contribution in [2.45, 2.75) is 12.8 Å². The summed E-state index contributed by atoms with van der Waals surface area (Å²) in [6.45, 7) is 0. The minimum absolute atomic E-state index is 0.986. The van der Waals surface area contributed by atoms with Gasteiger partial charge in [0.15, 0.2) is 0 Å². The van der Waals surface area contributed by atoms with Crippen LogP contribution in [0.3, 0.4) is 0 Å². The van der Waals surface area contributed by atoms with E-state index in [9.17, 15) is 0 Å². The Morgan fingerprint density at radius 1 is 0.548 bits per heavy atom. The molecule has 42 heavy (non-hydrogen) atoms. The fourth-order valence-corrected chi connectivity index (χ4v) is 6.59. The predicted molar refractivity (Wildman–Crippen MR) is 175 cm³/mol. The number of hydrogen-bond donors (Lipinski definition) is 0. The minimum Gasteiger partial charge on any atom is -0.296 e. The van der Waals surface area contributed by atoms with E-state index in [4.69, 9.17) is 9.97 Å². The molecular weight excluding hydrogens is 512 g/mol. The van der Waals surface area contributed by atoms with Gasteiger partial charge >= 0.3 is 0 Å². The van der Waals surface area contributed by atoms with Crippen molar-refractivity contribution in [3.8, 4) is 22.5 Å². The van der Waals surface area contributed by atoms with Gasteiger partial charge in [-0.15, -0.1) is 0 Å². The van der Waals surface area contributed by atoms with Gasteiger partial charge in [0.1, 0.15) is 11.5 Å². The first-order valence-corrected chi connectivity index (χ1v) is 14.5. The SMILES string of the molecule is C1=CCCC(n2c(-c3ccc(-c4ccc5c6ccccc6n6c7ccccc7nc6c5c4)cc3)nc3ccccc32)=C1. The molecule has 0 unspecified atom stereocenters. The van der Waals surface area contributed by atoms with Crippen LogP contribution in [0.1, 0.15) is 12.8 Å². The highest BCUT2D eigenvalue weighted by Gasteiger charge is 2.17. The molecule has 4 heteroatoms.